The third-order valence-corrected chi connectivity index (χ3v) is 7.29. The fourth-order valence-electron chi connectivity index (χ4n) is 2.82. The molecule has 0 atom stereocenters. The fourth-order valence-corrected chi connectivity index (χ4v) is 5.68. The van der Waals surface area contributed by atoms with E-state index in [1.165, 1.54) is 17.1 Å². The van der Waals surface area contributed by atoms with E-state index in [9.17, 15) is 4.79 Å². The molecule has 1 aromatic heterocycles. The smallest absolute Gasteiger partial charge is 0.255 e. The van der Waals surface area contributed by atoms with E-state index in [0.717, 1.165) is 17.8 Å². The van der Waals surface area contributed by atoms with Gasteiger partial charge < -0.3 is 5.32 Å². The Labute approximate surface area is 161 Å². The van der Waals surface area contributed by atoms with Crippen LogP contribution in [0.25, 0.3) is 0 Å². The lowest BCUT2D eigenvalue weighted by Gasteiger charge is -2.10. The summed E-state index contributed by atoms with van der Waals surface area (Å²) >= 11 is 3.94. The number of nitrogens with one attached hydrogen (secondary N) is 1. The van der Waals surface area contributed by atoms with Crippen molar-refractivity contribution in [3.05, 3.63) is 83.7 Å². The molecule has 4 rings (SSSR count). The van der Waals surface area contributed by atoms with E-state index in [2.05, 4.69) is 22.5 Å². The SMILES string of the molecule is O=C(Nc1ccc(Cn2cccn2)cc1)c1ccc(C2SCCS2)cc1. The first-order valence-electron chi connectivity index (χ1n) is 8.49. The zero-order valence-corrected chi connectivity index (χ0v) is 15.8. The maximum atomic E-state index is 12.5. The van der Waals surface area contributed by atoms with Crippen molar-refractivity contribution >= 4 is 35.1 Å². The van der Waals surface area contributed by atoms with E-state index in [1.54, 1.807) is 6.20 Å². The van der Waals surface area contributed by atoms with Crippen molar-refractivity contribution < 1.29 is 4.79 Å². The second kappa shape index (κ2) is 8.01. The number of hydrogen-bond donors (Lipinski definition) is 1. The predicted molar refractivity (Wildman–Crippen MR) is 110 cm³/mol. The van der Waals surface area contributed by atoms with Gasteiger partial charge in [-0.2, -0.15) is 5.10 Å². The lowest BCUT2D eigenvalue weighted by molar-refractivity contribution is 0.102. The van der Waals surface area contributed by atoms with Crippen LogP contribution in [0.1, 0.15) is 26.1 Å². The van der Waals surface area contributed by atoms with E-state index in [-0.39, 0.29) is 5.91 Å². The number of carbonyl (C=O) groups is 1. The molecular formula is C20H19N3OS2. The number of amides is 1. The van der Waals surface area contributed by atoms with Crippen molar-refractivity contribution in [1.29, 1.82) is 0 Å². The fraction of sp³-hybridized carbons (Fsp3) is 0.200. The van der Waals surface area contributed by atoms with E-state index >= 15 is 0 Å². The van der Waals surface area contributed by atoms with Crippen LogP contribution in [0, 0.1) is 0 Å². The first-order valence-corrected chi connectivity index (χ1v) is 10.6. The number of rotatable bonds is 5. The molecule has 1 saturated heterocycles. The zero-order valence-electron chi connectivity index (χ0n) is 14.2. The third-order valence-electron chi connectivity index (χ3n) is 4.18. The van der Waals surface area contributed by atoms with Crippen molar-refractivity contribution in [3.8, 4) is 0 Å². The van der Waals surface area contributed by atoms with Crippen molar-refractivity contribution in [2.45, 2.75) is 11.1 Å². The molecule has 1 amide bonds. The van der Waals surface area contributed by atoms with Gasteiger partial charge in [0.2, 0.25) is 0 Å². The van der Waals surface area contributed by atoms with Crippen LogP contribution < -0.4 is 5.32 Å². The Morgan fingerprint density at radius 3 is 2.46 bits per heavy atom. The van der Waals surface area contributed by atoms with Gasteiger partial charge in [-0.25, -0.2) is 0 Å². The summed E-state index contributed by atoms with van der Waals surface area (Å²) in [5, 5.41) is 7.16. The maximum absolute atomic E-state index is 12.5. The maximum Gasteiger partial charge on any atom is 0.255 e. The quantitative estimate of drug-likeness (QED) is 0.698. The topological polar surface area (TPSA) is 46.9 Å². The molecule has 1 aliphatic heterocycles. The molecule has 1 aliphatic rings. The monoisotopic (exact) mass is 381 g/mol. The van der Waals surface area contributed by atoms with Gasteiger partial charge in [0.05, 0.1) is 11.1 Å². The summed E-state index contributed by atoms with van der Waals surface area (Å²) in [5.41, 5.74) is 3.91. The molecule has 6 heteroatoms. The van der Waals surface area contributed by atoms with Gasteiger partial charge in [0.15, 0.2) is 0 Å². The second-order valence-corrected chi connectivity index (χ2v) is 8.77. The lowest BCUT2D eigenvalue weighted by Crippen LogP contribution is -2.12. The van der Waals surface area contributed by atoms with Gasteiger partial charge in [-0.15, -0.1) is 23.5 Å². The Balaban J connectivity index is 1.38. The summed E-state index contributed by atoms with van der Waals surface area (Å²) in [7, 11) is 0. The van der Waals surface area contributed by atoms with Crippen molar-refractivity contribution in [2.24, 2.45) is 0 Å². The van der Waals surface area contributed by atoms with Gasteiger partial charge in [-0.05, 0) is 41.5 Å². The Kier molecular flexibility index (Phi) is 5.32. The minimum absolute atomic E-state index is 0.0805. The van der Waals surface area contributed by atoms with Crippen molar-refractivity contribution in [3.63, 3.8) is 0 Å². The molecule has 1 fully saturated rings. The Morgan fingerprint density at radius 1 is 1.08 bits per heavy atom. The molecule has 2 aromatic carbocycles. The second-order valence-electron chi connectivity index (χ2n) is 6.05. The molecule has 132 valence electrons. The molecule has 26 heavy (non-hydrogen) atoms. The van der Waals surface area contributed by atoms with Gasteiger partial charge in [0.1, 0.15) is 0 Å². The highest BCUT2D eigenvalue weighted by Crippen LogP contribution is 2.45. The number of thioether (sulfide) groups is 2. The first-order chi connectivity index (χ1) is 12.8. The molecule has 0 aliphatic carbocycles. The lowest BCUT2D eigenvalue weighted by atomic mass is 10.1. The van der Waals surface area contributed by atoms with Crippen LogP contribution in [-0.4, -0.2) is 27.2 Å². The Hall–Kier alpha value is -2.18. The number of benzene rings is 2. The average Bonchev–Trinajstić information content (AvgIpc) is 3.37. The largest absolute Gasteiger partial charge is 0.322 e. The number of carbonyl (C=O) groups excluding carboxylic acids is 1. The molecule has 0 spiro atoms. The number of aromatic nitrogens is 2. The summed E-state index contributed by atoms with van der Waals surface area (Å²) in [6, 6.07) is 17.7. The molecule has 4 nitrogen and oxygen atoms in total. The molecule has 3 aromatic rings. The predicted octanol–water partition coefficient (Wildman–Crippen LogP) is 4.66. The van der Waals surface area contributed by atoms with Gasteiger partial charge in [0, 0.05) is 35.2 Å². The highest BCUT2D eigenvalue weighted by atomic mass is 32.2. The molecule has 1 N–H and O–H groups in total. The number of anilines is 1. The van der Waals surface area contributed by atoms with Crippen molar-refractivity contribution in [1.82, 2.24) is 9.78 Å². The molecule has 2 heterocycles. The van der Waals surface area contributed by atoms with Gasteiger partial charge in [0.25, 0.3) is 5.91 Å². The molecule has 0 bridgehead atoms. The molecular weight excluding hydrogens is 362 g/mol. The third kappa shape index (κ3) is 4.14. The minimum atomic E-state index is -0.0805. The standard InChI is InChI=1S/C20H19N3OS2/c24-19(16-4-6-17(7-5-16)20-25-12-13-26-20)22-18-8-2-15(3-9-18)14-23-11-1-10-21-23/h1-11,20H,12-14H2,(H,22,24). The van der Waals surface area contributed by atoms with Crippen LogP contribution in [0.5, 0.6) is 0 Å². The number of nitrogens with zero attached hydrogens (tertiary/aromatic N) is 2. The van der Waals surface area contributed by atoms with E-state index in [1.807, 2.05) is 76.9 Å². The van der Waals surface area contributed by atoms with Crippen LogP contribution >= 0.6 is 23.5 Å². The van der Waals surface area contributed by atoms with Crippen molar-refractivity contribution in [2.75, 3.05) is 16.8 Å². The van der Waals surface area contributed by atoms with Crippen LogP contribution in [0.4, 0.5) is 5.69 Å². The Morgan fingerprint density at radius 2 is 1.81 bits per heavy atom. The zero-order chi connectivity index (χ0) is 17.8. The highest BCUT2D eigenvalue weighted by Gasteiger charge is 2.18. The summed E-state index contributed by atoms with van der Waals surface area (Å²) in [4.78, 5) is 12.5. The highest BCUT2D eigenvalue weighted by molar-refractivity contribution is 8.19. The van der Waals surface area contributed by atoms with Crippen LogP contribution in [0.15, 0.2) is 67.0 Å². The summed E-state index contributed by atoms with van der Waals surface area (Å²) in [5.74, 6) is 2.32. The summed E-state index contributed by atoms with van der Waals surface area (Å²) in [6.07, 6.45) is 3.70. The van der Waals surface area contributed by atoms with Gasteiger partial charge in [-0.3, -0.25) is 9.48 Å². The van der Waals surface area contributed by atoms with Crippen LogP contribution in [0.2, 0.25) is 0 Å². The molecule has 0 radical (unpaired) electrons. The first kappa shape index (κ1) is 17.2. The average molecular weight is 382 g/mol. The van der Waals surface area contributed by atoms with E-state index in [4.69, 9.17) is 0 Å². The van der Waals surface area contributed by atoms with E-state index in [0.29, 0.717) is 10.1 Å². The Bertz CT molecular complexity index is 855. The van der Waals surface area contributed by atoms with Crippen LogP contribution in [-0.2, 0) is 6.54 Å². The number of hydrogen-bond acceptors (Lipinski definition) is 4. The minimum Gasteiger partial charge on any atom is -0.322 e. The van der Waals surface area contributed by atoms with Gasteiger partial charge in [-0.1, -0.05) is 24.3 Å². The normalized spacial score (nSPS) is 14.5. The van der Waals surface area contributed by atoms with Gasteiger partial charge >= 0.3 is 0 Å². The van der Waals surface area contributed by atoms with Crippen LogP contribution in [0.3, 0.4) is 0 Å². The summed E-state index contributed by atoms with van der Waals surface area (Å²) < 4.78 is 2.38. The molecule has 0 saturated carbocycles. The van der Waals surface area contributed by atoms with E-state index < -0.39 is 0 Å². The summed E-state index contributed by atoms with van der Waals surface area (Å²) in [6.45, 7) is 0.722. The molecule has 0 unspecified atom stereocenters.